The molecule has 1 heterocycles. The fourth-order valence-electron chi connectivity index (χ4n) is 1.52. The second-order valence-corrected chi connectivity index (χ2v) is 4.03. The summed E-state index contributed by atoms with van der Waals surface area (Å²) in [6.45, 7) is 1.75. The first-order chi connectivity index (χ1) is 7.66. The molecule has 0 N–H and O–H groups in total. The molecule has 82 valence electrons. The maximum absolute atomic E-state index is 5.33. The monoisotopic (exact) mass is 232 g/mol. The number of nitrogens with zero attached hydrogens (tertiary/aromatic N) is 2. The number of benzene rings is 1. The van der Waals surface area contributed by atoms with Crippen LogP contribution in [0.1, 0.15) is 6.92 Å². The Morgan fingerprint density at radius 3 is 2.44 bits per heavy atom. The Bertz CT molecular complexity index is 502. The predicted molar refractivity (Wildman–Crippen MR) is 67.5 cm³/mol. The largest absolute Gasteiger partial charge is 0.451 e. The fourth-order valence-corrected chi connectivity index (χ4v) is 1.61. The standard InChI is InChI=1S/C12H12N2OS/c1-9(16)15-11-5-3-10(4-6-11)12-7-8-13-14(12)2/h3-8H,1-2H3. The van der Waals surface area contributed by atoms with Crippen LogP contribution in [-0.4, -0.2) is 14.8 Å². The summed E-state index contributed by atoms with van der Waals surface area (Å²) in [5.41, 5.74) is 2.18. The highest BCUT2D eigenvalue weighted by Gasteiger charge is 2.02. The van der Waals surface area contributed by atoms with Crippen molar-refractivity contribution in [2.75, 3.05) is 0 Å². The number of aryl methyl sites for hydroxylation is 1. The first-order valence-electron chi connectivity index (χ1n) is 4.93. The molecule has 0 radical (unpaired) electrons. The Morgan fingerprint density at radius 2 is 1.94 bits per heavy atom. The van der Waals surface area contributed by atoms with E-state index in [1.165, 1.54) is 0 Å². The van der Waals surface area contributed by atoms with Crippen LogP contribution in [0.5, 0.6) is 5.75 Å². The van der Waals surface area contributed by atoms with Gasteiger partial charge in [-0.15, -0.1) is 0 Å². The van der Waals surface area contributed by atoms with Crippen molar-refractivity contribution in [3.63, 3.8) is 0 Å². The lowest BCUT2D eigenvalue weighted by Crippen LogP contribution is -1.98. The molecule has 4 heteroatoms. The predicted octanol–water partition coefficient (Wildman–Crippen LogP) is 2.81. The van der Waals surface area contributed by atoms with Crippen LogP contribution in [0.25, 0.3) is 11.3 Å². The molecule has 0 unspecified atom stereocenters. The van der Waals surface area contributed by atoms with Gasteiger partial charge < -0.3 is 4.74 Å². The van der Waals surface area contributed by atoms with E-state index in [9.17, 15) is 0 Å². The van der Waals surface area contributed by atoms with Crippen LogP contribution >= 0.6 is 12.2 Å². The minimum Gasteiger partial charge on any atom is -0.451 e. The van der Waals surface area contributed by atoms with E-state index < -0.39 is 0 Å². The van der Waals surface area contributed by atoms with Gasteiger partial charge in [0, 0.05) is 25.7 Å². The molecule has 0 aliphatic heterocycles. The summed E-state index contributed by atoms with van der Waals surface area (Å²) in [5, 5.41) is 4.65. The lowest BCUT2D eigenvalue weighted by molar-refractivity contribution is 0.561. The lowest BCUT2D eigenvalue weighted by atomic mass is 10.1. The molecule has 1 aromatic carbocycles. The molecule has 0 aliphatic carbocycles. The van der Waals surface area contributed by atoms with Gasteiger partial charge in [0.2, 0.25) is 0 Å². The maximum atomic E-state index is 5.33. The summed E-state index contributed by atoms with van der Waals surface area (Å²) in [4.78, 5) is 0. The van der Waals surface area contributed by atoms with Gasteiger partial charge in [0.15, 0.2) is 5.05 Å². The van der Waals surface area contributed by atoms with Gasteiger partial charge in [-0.05, 0) is 42.5 Å². The smallest absolute Gasteiger partial charge is 0.164 e. The Labute approximate surface area is 99.7 Å². The van der Waals surface area contributed by atoms with Crippen molar-refractivity contribution in [3.8, 4) is 17.0 Å². The van der Waals surface area contributed by atoms with Crippen LogP contribution in [0.3, 0.4) is 0 Å². The number of rotatable bonds is 2. The molecular weight excluding hydrogens is 220 g/mol. The zero-order valence-corrected chi connectivity index (χ0v) is 9.99. The Balaban J connectivity index is 2.26. The molecule has 1 aromatic heterocycles. The van der Waals surface area contributed by atoms with Crippen molar-refractivity contribution in [1.29, 1.82) is 0 Å². The maximum Gasteiger partial charge on any atom is 0.164 e. The molecule has 0 fully saturated rings. The van der Waals surface area contributed by atoms with E-state index in [2.05, 4.69) is 5.10 Å². The van der Waals surface area contributed by atoms with Gasteiger partial charge in [0.1, 0.15) is 5.75 Å². The van der Waals surface area contributed by atoms with Crippen LogP contribution in [0.15, 0.2) is 36.5 Å². The summed E-state index contributed by atoms with van der Waals surface area (Å²) in [6.07, 6.45) is 1.78. The second kappa shape index (κ2) is 4.45. The summed E-state index contributed by atoms with van der Waals surface area (Å²) < 4.78 is 7.16. The third kappa shape index (κ3) is 2.28. The van der Waals surface area contributed by atoms with Gasteiger partial charge in [-0.25, -0.2) is 0 Å². The number of aromatic nitrogens is 2. The van der Waals surface area contributed by atoms with Gasteiger partial charge in [0.05, 0.1) is 5.69 Å². The number of hydrogen-bond donors (Lipinski definition) is 0. The van der Waals surface area contributed by atoms with Gasteiger partial charge in [-0.2, -0.15) is 5.10 Å². The topological polar surface area (TPSA) is 27.1 Å². The minimum absolute atomic E-state index is 0.522. The van der Waals surface area contributed by atoms with E-state index in [-0.39, 0.29) is 0 Å². The fraction of sp³-hybridized carbons (Fsp3) is 0.167. The van der Waals surface area contributed by atoms with Crippen LogP contribution in [0, 0.1) is 0 Å². The quantitative estimate of drug-likeness (QED) is 0.745. The lowest BCUT2D eigenvalue weighted by Gasteiger charge is -2.05. The number of thiocarbonyl (C=S) groups is 1. The molecule has 2 aromatic rings. The Hall–Kier alpha value is -1.68. The van der Waals surface area contributed by atoms with E-state index >= 15 is 0 Å². The van der Waals surface area contributed by atoms with Crippen LogP contribution in [0.4, 0.5) is 0 Å². The first-order valence-corrected chi connectivity index (χ1v) is 5.34. The zero-order valence-electron chi connectivity index (χ0n) is 9.18. The summed E-state index contributed by atoms with van der Waals surface area (Å²) >= 11 is 4.87. The van der Waals surface area contributed by atoms with Gasteiger partial charge in [-0.1, -0.05) is 0 Å². The highest BCUT2D eigenvalue weighted by Crippen LogP contribution is 2.21. The van der Waals surface area contributed by atoms with Crippen LogP contribution in [0.2, 0.25) is 0 Å². The normalized spacial score (nSPS) is 10.1. The second-order valence-electron chi connectivity index (χ2n) is 3.46. The SMILES string of the molecule is CC(=S)Oc1ccc(-c2ccnn2C)cc1. The average molecular weight is 232 g/mol. The number of ether oxygens (including phenoxy) is 1. The number of hydrogen-bond acceptors (Lipinski definition) is 3. The summed E-state index contributed by atoms with van der Waals surface area (Å²) in [7, 11) is 1.92. The highest BCUT2D eigenvalue weighted by atomic mass is 32.1. The molecule has 0 saturated heterocycles. The van der Waals surface area contributed by atoms with E-state index in [1.807, 2.05) is 42.1 Å². The summed E-state index contributed by atoms with van der Waals surface area (Å²) in [5.74, 6) is 0.762. The Kier molecular flexibility index (Phi) is 3.01. The van der Waals surface area contributed by atoms with Gasteiger partial charge >= 0.3 is 0 Å². The Morgan fingerprint density at radius 1 is 1.25 bits per heavy atom. The van der Waals surface area contributed by atoms with Gasteiger partial charge in [-0.3, -0.25) is 4.68 Å². The molecule has 0 saturated carbocycles. The van der Waals surface area contributed by atoms with Crippen molar-refractivity contribution in [1.82, 2.24) is 9.78 Å². The summed E-state index contributed by atoms with van der Waals surface area (Å²) in [6, 6.07) is 9.76. The third-order valence-corrected chi connectivity index (χ3v) is 2.32. The third-order valence-electron chi connectivity index (χ3n) is 2.23. The van der Waals surface area contributed by atoms with Crippen molar-refractivity contribution < 1.29 is 4.74 Å². The van der Waals surface area contributed by atoms with E-state index in [0.717, 1.165) is 17.0 Å². The molecule has 0 amide bonds. The zero-order chi connectivity index (χ0) is 11.5. The van der Waals surface area contributed by atoms with Gasteiger partial charge in [0.25, 0.3) is 0 Å². The molecule has 0 bridgehead atoms. The van der Waals surface area contributed by atoms with Crippen molar-refractivity contribution >= 4 is 17.3 Å². The van der Waals surface area contributed by atoms with E-state index in [1.54, 1.807) is 13.1 Å². The first kappa shape index (κ1) is 10.8. The van der Waals surface area contributed by atoms with E-state index in [0.29, 0.717) is 5.05 Å². The minimum atomic E-state index is 0.522. The molecule has 3 nitrogen and oxygen atoms in total. The van der Waals surface area contributed by atoms with Crippen LogP contribution in [-0.2, 0) is 7.05 Å². The van der Waals surface area contributed by atoms with E-state index in [4.69, 9.17) is 17.0 Å². The molecule has 0 spiro atoms. The molecule has 2 rings (SSSR count). The van der Waals surface area contributed by atoms with Crippen molar-refractivity contribution in [2.45, 2.75) is 6.92 Å². The molecular formula is C12H12N2OS. The highest BCUT2D eigenvalue weighted by molar-refractivity contribution is 7.80. The van der Waals surface area contributed by atoms with Crippen LogP contribution < -0.4 is 4.74 Å². The van der Waals surface area contributed by atoms with Crippen molar-refractivity contribution in [2.24, 2.45) is 7.05 Å². The molecule has 0 atom stereocenters. The molecule has 16 heavy (non-hydrogen) atoms. The van der Waals surface area contributed by atoms with Crippen molar-refractivity contribution in [3.05, 3.63) is 36.5 Å². The molecule has 0 aliphatic rings. The average Bonchev–Trinajstić information content (AvgIpc) is 2.65.